The Morgan fingerprint density at radius 3 is 2.59 bits per heavy atom. The number of hydrogen-bond acceptors (Lipinski definition) is 6. The van der Waals surface area contributed by atoms with E-state index in [2.05, 4.69) is 15.8 Å². The average Bonchev–Trinajstić information content (AvgIpc) is 2.83. The van der Waals surface area contributed by atoms with Crippen LogP contribution in [0.3, 0.4) is 0 Å². The standard InChI is InChI=1S/C25H24ClN3O4S/c1-3-13-32-21-10-8-18(9-11-21)24(30)33-22-12-7-17(14-23(22)31-2)16-27-29-25(34)28-20-6-4-5-19(26)15-20/h4-12,14-16H,3,13H2,1-2H3,(H2,28,29,34). The summed E-state index contributed by atoms with van der Waals surface area (Å²) in [6.45, 7) is 2.65. The van der Waals surface area contributed by atoms with E-state index in [1.165, 1.54) is 7.11 Å². The van der Waals surface area contributed by atoms with Crippen LogP contribution < -0.4 is 25.0 Å². The summed E-state index contributed by atoms with van der Waals surface area (Å²) in [4.78, 5) is 12.5. The van der Waals surface area contributed by atoms with E-state index in [9.17, 15) is 4.79 Å². The van der Waals surface area contributed by atoms with Crippen LogP contribution in [0.15, 0.2) is 71.8 Å². The number of hydrogen-bond donors (Lipinski definition) is 2. The zero-order chi connectivity index (χ0) is 24.3. The van der Waals surface area contributed by atoms with Gasteiger partial charge in [-0.25, -0.2) is 4.79 Å². The minimum atomic E-state index is -0.499. The smallest absolute Gasteiger partial charge is 0.343 e. The van der Waals surface area contributed by atoms with Crippen LogP contribution in [0.5, 0.6) is 17.2 Å². The van der Waals surface area contributed by atoms with Gasteiger partial charge in [-0.15, -0.1) is 0 Å². The maximum atomic E-state index is 12.5. The van der Waals surface area contributed by atoms with E-state index >= 15 is 0 Å². The van der Waals surface area contributed by atoms with Gasteiger partial charge in [-0.1, -0.05) is 24.6 Å². The van der Waals surface area contributed by atoms with Gasteiger partial charge in [0.15, 0.2) is 16.6 Å². The van der Waals surface area contributed by atoms with Crippen LogP contribution >= 0.6 is 23.8 Å². The SMILES string of the molecule is CCCOc1ccc(C(=O)Oc2ccc(C=NNC(=S)Nc3cccc(Cl)c3)cc2OC)cc1. The zero-order valence-corrected chi connectivity index (χ0v) is 20.3. The summed E-state index contributed by atoms with van der Waals surface area (Å²) in [5.74, 6) is 0.887. The molecule has 0 unspecified atom stereocenters. The number of nitrogens with zero attached hydrogens (tertiary/aromatic N) is 1. The molecule has 0 saturated carbocycles. The quantitative estimate of drug-likeness (QED) is 0.129. The number of ether oxygens (including phenoxy) is 3. The summed E-state index contributed by atoms with van der Waals surface area (Å²) in [7, 11) is 1.50. The van der Waals surface area contributed by atoms with Crippen LogP contribution in [0.25, 0.3) is 0 Å². The van der Waals surface area contributed by atoms with Gasteiger partial charge in [-0.2, -0.15) is 5.10 Å². The summed E-state index contributed by atoms with van der Waals surface area (Å²) in [6.07, 6.45) is 2.47. The normalized spacial score (nSPS) is 10.6. The molecule has 0 atom stereocenters. The number of benzene rings is 3. The molecule has 9 heteroatoms. The lowest BCUT2D eigenvalue weighted by Crippen LogP contribution is -2.23. The molecule has 0 aliphatic rings. The predicted molar refractivity (Wildman–Crippen MR) is 139 cm³/mol. The molecule has 3 aromatic carbocycles. The fourth-order valence-electron chi connectivity index (χ4n) is 2.81. The highest BCUT2D eigenvalue weighted by Gasteiger charge is 2.13. The number of hydrazone groups is 1. The van der Waals surface area contributed by atoms with Crippen LogP contribution in [0.4, 0.5) is 5.69 Å². The Hall–Kier alpha value is -3.62. The average molecular weight is 498 g/mol. The number of methoxy groups -OCH3 is 1. The maximum Gasteiger partial charge on any atom is 0.343 e. The van der Waals surface area contributed by atoms with E-state index in [1.807, 2.05) is 19.1 Å². The zero-order valence-electron chi connectivity index (χ0n) is 18.7. The Bertz CT molecular complexity index is 1170. The fourth-order valence-corrected chi connectivity index (χ4v) is 3.17. The van der Waals surface area contributed by atoms with Crippen molar-refractivity contribution in [2.75, 3.05) is 19.0 Å². The first-order valence-corrected chi connectivity index (χ1v) is 11.3. The molecule has 0 aliphatic heterocycles. The lowest BCUT2D eigenvalue weighted by atomic mass is 10.2. The summed E-state index contributed by atoms with van der Waals surface area (Å²) in [5.41, 5.74) is 4.60. The topological polar surface area (TPSA) is 81.2 Å². The number of thiocarbonyl (C=S) groups is 1. The number of anilines is 1. The van der Waals surface area contributed by atoms with Gasteiger partial charge in [-0.3, -0.25) is 5.43 Å². The number of esters is 1. The van der Waals surface area contributed by atoms with Gasteiger partial charge in [0.2, 0.25) is 0 Å². The van der Waals surface area contributed by atoms with Crippen molar-refractivity contribution in [3.8, 4) is 17.2 Å². The van der Waals surface area contributed by atoms with Crippen molar-refractivity contribution in [1.29, 1.82) is 0 Å². The number of rotatable bonds is 9. The van der Waals surface area contributed by atoms with Crippen molar-refractivity contribution in [3.05, 3.63) is 82.9 Å². The summed E-state index contributed by atoms with van der Waals surface area (Å²) >= 11 is 11.2. The molecule has 0 radical (unpaired) electrons. The molecule has 2 N–H and O–H groups in total. The third-order valence-electron chi connectivity index (χ3n) is 4.42. The van der Waals surface area contributed by atoms with Gasteiger partial charge >= 0.3 is 5.97 Å². The highest BCUT2D eigenvalue weighted by Crippen LogP contribution is 2.28. The molecule has 0 aromatic heterocycles. The van der Waals surface area contributed by atoms with Gasteiger partial charge in [0, 0.05) is 10.7 Å². The number of carbonyl (C=O) groups is 1. The largest absolute Gasteiger partial charge is 0.494 e. The second kappa shape index (κ2) is 12.6. The fraction of sp³-hybridized carbons (Fsp3) is 0.160. The molecule has 0 spiro atoms. The van der Waals surface area contributed by atoms with E-state index in [0.717, 1.165) is 12.1 Å². The van der Waals surface area contributed by atoms with Crippen LogP contribution in [0.1, 0.15) is 29.3 Å². The van der Waals surface area contributed by atoms with Crippen LogP contribution in [-0.2, 0) is 0 Å². The van der Waals surface area contributed by atoms with Crippen molar-refractivity contribution in [3.63, 3.8) is 0 Å². The van der Waals surface area contributed by atoms with Gasteiger partial charge in [0.1, 0.15) is 5.75 Å². The van der Waals surface area contributed by atoms with Crippen molar-refractivity contribution in [1.82, 2.24) is 5.43 Å². The Morgan fingerprint density at radius 1 is 1.09 bits per heavy atom. The summed E-state index contributed by atoms with van der Waals surface area (Å²) < 4.78 is 16.4. The third kappa shape index (κ3) is 7.47. The van der Waals surface area contributed by atoms with Crippen molar-refractivity contribution >= 4 is 46.8 Å². The first-order valence-electron chi connectivity index (χ1n) is 10.5. The van der Waals surface area contributed by atoms with Crippen molar-refractivity contribution in [2.45, 2.75) is 13.3 Å². The lowest BCUT2D eigenvalue weighted by molar-refractivity contribution is 0.0729. The molecule has 3 rings (SSSR count). The van der Waals surface area contributed by atoms with Crippen LogP contribution in [-0.4, -0.2) is 31.0 Å². The molecule has 0 bridgehead atoms. The minimum Gasteiger partial charge on any atom is -0.494 e. The van der Waals surface area contributed by atoms with Gasteiger partial charge in [0.25, 0.3) is 0 Å². The van der Waals surface area contributed by atoms with Crippen molar-refractivity contribution in [2.24, 2.45) is 5.10 Å². The minimum absolute atomic E-state index is 0.294. The number of nitrogens with one attached hydrogen (secondary N) is 2. The van der Waals surface area contributed by atoms with Crippen LogP contribution in [0, 0.1) is 0 Å². The number of halogens is 1. The molecule has 34 heavy (non-hydrogen) atoms. The van der Waals surface area contributed by atoms with E-state index < -0.39 is 5.97 Å². The molecular weight excluding hydrogens is 474 g/mol. The van der Waals surface area contributed by atoms with E-state index in [0.29, 0.717) is 45.1 Å². The molecular formula is C25H24ClN3O4S. The molecule has 3 aromatic rings. The number of carbonyl (C=O) groups excluding carboxylic acids is 1. The highest BCUT2D eigenvalue weighted by molar-refractivity contribution is 7.80. The Kier molecular flexibility index (Phi) is 9.25. The Balaban J connectivity index is 1.59. The van der Waals surface area contributed by atoms with Gasteiger partial charge in [-0.05, 0) is 84.9 Å². The van der Waals surface area contributed by atoms with E-state index in [-0.39, 0.29) is 0 Å². The predicted octanol–water partition coefficient (Wildman–Crippen LogP) is 5.68. The van der Waals surface area contributed by atoms with Gasteiger partial charge < -0.3 is 19.5 Å². The first-order chi connectivity index (χ1) is 16.5. The molecule has 176 valence electrons. The van der Waals surface area contributed by atoms with Crippen LogP contribution in [0.2, 0.25) is 5.02 Å². The highest BCUT2D eigenvalue weighted by atomic mass is 35.5. The van der Waals surface area contributed by atoms with E-state index in [1.54, 1.807) is 60.8 Å². The summed E-state index contributed by atoms with van der Waals surface area (Å²) in [5, 5.41) is 8.01. The third-order valence-corrected chi connectivity index (χ3v) is 4.84. The second-order valence-electron chi connectivity index (χ2n) is 7.01. The van der Waals surface area contributed by atoms with E-state index in [4.69, 9.17) is 38.0 Å². The molecule has 0 saturated heterocycles. The molecule has 0 fully saturated rings. The lowest BCUT2D eigenvalue weighted by Gasteiger charge is -2.10. The summed E-state index contributed by atoms with van der Waals surface area (Å²) in [6, 6.07) is 19.0. The Morgan fingerprint density at radius 2 is 1.88 bits per heavy atom. The van der Waals surface area contributed by atoms with Gasteiger partial charge in [0.05, 0.1) is 25.5 Å². The molecule has 0 heterocycles. The second-order valence-corrected chi connectivity index (χ2v) is 7.85. The monoisotopic (exact) mass is 497 g/mol. The maximum absolute atomic E-state index is 12.5. The molecule has 0 aliphatic carbocycles. The molecule has 0 amide bonds. The Labute approximate surface area is 208 Å². The molecule has 7 nitrogen and oxygen atoms in total. The van der Waals surface area contributed by atoms with Crippen molar-refractivity contribution < 1.29 is 19.0 Å². The first kappa shape index (κ1) is 25.0.